The van der Waals surface area contributed by atoms with E-state index in [2.05, 4.69) is 11.4 Å². The van der Waals surface area contributed by atoms with E-state index in [0.717, 1.165) is 11.1 Å². The van der Waals surface area contributed by atoms with Crippen LogP contribution < -0.4 is 20.5 Å². The molecule has 180 valence electrons. The number of aryl methyl sites for hydroxylation is 2. The van der Waals surface area contributed by atoms with Crippen LogP contribution in [-0.4, -0.2) is 25.4 Å². The number of nitrogens with one attached hydrogen (secondary N) is 1. The molecule has 1 unspecified atom stereocenters. The second-order valence-electron chi connectivity index (χ2n) is 8.58. The molecule has 8 nitrogen and oxygen atoms in total. The van der Waals surface area contributed by atoms with Crippen molar-refractivity contribution in [1.82, 2.24) is 0 Å². The summed E-state index contributed by atoms with van der Waals surface area (Å²) >= 11 is 0. The zero-order chi connectivity index (χ0) is 25.1. The molecule has 0 fully saturated rings. The average molecular weight is 474 g/mol. The minimum absolute atomic E-state index is 0.00765. The Labute approximate surface area is 204 Å². The number of nitrogens with zero attached hydrogens (tertiary/aromatic N) is 1. The van der Waals surface area contributed by atoms with E-state index in [4.69, 9.17) is 19.9 Å². The molecule has 2 aromatic carbocycles. The number of carbonyl (C=O) groups is 2. The van der Waals surface area contributed by atoms with Crippen LogP contribution in [0.5, 0.6) is 11.5 Å². The SMILES string of the molecule is COc1cc(C2C(C#N)=C(N)OC3=C2C(=O)CCC3)ccc1OCC(=O)Nc1ccc(C)c(C)c1. The molecule has 0 spiro atoms. The third-order valence-corrected chi connectivity index (χ3v) is 6.28. The van der Waals surface area contributed by atoms with Gasteiger partial charge in [-0.3, -0.25) is 9.59 Å². The van der Waals surface area contributed by atoms with Gasteiger partial charge in [0.05, 0.1) is 13.0 Å². The quantitative estimate of drug-likeness (QED) is 0.646. The van der Waals surface area contributed by atoms with Crippen LogP contribution in [0.25, 0.3) is 0 Å². The smallest absolute Gasteiger partial charge is 0.262 e. The number of ketones is 1. The lowest BCUT2D eigenvalue weighted by atomic mass is 9.77. The highest BCUT2D eigenvalue weighted by atomic mass is 16.5. The predicted octanol–water partition coefficient (Wildman–Crippen LogP) is 4.14. The van der Waals surface area contributed by atoms with Crippen molar-refractivity contribution >= 4 is 17.4 Å². The number of allylic oxidation sites excluding steroid dienone is 3. The van der Waals surface area contributed by atoms with E-state index in [1.807, 2.05) is 32.0 Å². The summed E-state index contributed by atoms with van der Waals surface area (Å²) in [6, 6.07) is 12.9. The number of nitrogens with two attached hydrogens (primary N) is 1. The van der Waals surface area contributed by atoms with E-state index in [1.165, 1.54) is 7.11 Å². The van der Waals surface area contributed by atoms with Gasteiger partial charge < -0.3 is 25.3 Å². The van der Waals surface area contributed by atoms with Crippen LogP contribution in [0.2, 0.25) is 0 Å². The van der Waals surface area contributed by atoms with Crippen LogP contribution >= 0.6 is 0 Å². The molecule has 0 radical (unpaired) electrons. The van der Waals surface area contributed by atoms with Gasteiger partial charge in [0.2, 0.25) is 5.88 Å². The van der Waals surface area contributed by atoms with Crippen molar-refractivity contribution in [3.8, 4) is 17.6 Å². The van der Waals surface area contributed by atoms with E-state index in [9.17, 15) is 14.9 Å². The second kappa shape index (κ2) is 9.94. The number of hydrogen-bond donors (Lipinski definition) is 2. The second-order valence-corrected chi connectivity index (χ2v) is 8.58. The number of methoxy groups -OCH3 is 1. The molecule has 0 aromatic heterocycles. The molecule has 2 aromatic rings. The first-order valence-corrected chi connectivity index (χ1v) is 11.3. The third kappa shape index (κ3) is 4.85. The Morgan fingerprint density at radius 1 is 1.17 bits per heavy atom. The first-order chi connectivity index (χ1) is 16.8. The van der Waals surface area contributed by atoms with Crippen molar-refractivity contribution in [3.63, 3.8) is 0 Å². The maximum Gasteiger partial charge on any atom is 0.262 e. The number of hydrogen-bond acceptors (Lipinski definition) is 7. The summed E-state index contributed by atoms with van der Waals surface area (Å²) in [7, 11) is 1.48. The van der Waals surface area contributed by atoms with Gasteiger partial charge in [0.15, 0.2) is 23.9 Å². The molecule has 0 bridgehead atoms. The largest absolute Gasteiger partial charge is 0.493 e. The molecule has 35 heavy (non-hydrogen) atoms. The topological polar surface area (TPSA) is 124 Å². The van der Waals surface area contributed by atoms with Gasteiger partial charge >= 0.3 is 0 Å². The molecule has 1 aliphatic carbocycles. The molecule has 0 saturated heterocycles. The van der Waals surface area contributed by atoms with Gasteiger partial charge in [-0.15, -0.1) is 0 Å². The normalized spacial score (nSPS) is 17.3. The zero-order valence-electron chi connectivity index (χ0n) is 19.9. The van der Waals surface area contributed by atoms with Crippen molar-refractivity contribution in [2.75, 3.05) is 19.0 Å². The first-order valence-electron chi connectivity index (χ1n) is 11.3. The molecule has 2 aliphatic rings. The number of Topliss-reactive ketones (excluding diaryl/α,β-unsaturated/α-hetero) is 1. The van der Waals surface area contributed by atoms with Crippen molar-refractivity contribution in [1.29, 1.82) is 5.26 Å². The number of carbonyl (C=O) groups excluding carboxylic acids is 2. The van der Waals surface area contributed by atoms with Crippen molar-refractivity contribution < 1.29 is 23.8 Å². The van der Waals surface area contributed by atoms with E-state index in [-0.39, 0.29) is 29.8 Å². The van der Waals surface area contributed by atoms with Gasteiger partial charge in [-0.2, -0.15) is 5.26 Å². The summed E-state index contributed by atoms with van der Waals surface area (Å²) in [6.07, 6.45) is 1.66. The summed E-state index contributed by atoms with van der Waals surface area (Å²) in [4.78, 5) is 25.2. The number of benzene rings is 2. The Morgan fingerprint density at radius 3 is 2.69 bits per heavy atom. The summed E-state index contributed by atoms with van der Waals surface area (Å²) in [5.41, 5.74) is 10.2. The number of ether oxygens (including phenoxy) is 3. The van der Waals surface area contributed by atoms with Gasteiger partial charge in [0, 0.05) is 24.1 Å². The molecule has 8 heteroatoms. The molecule has 3 N–H and O–H groups in total. The fourth-order valence-corrected chi connectivity index (χ4v) is 4.33. The lowest BCUT2D eigenvalue weighted by Crippen LogP contribution is -2.27. The standard InChI is InChI=1S/C27H27N3O5/c1-15-7-9-18(11-16(15)2)30-24(32)14-34-21-10-8-17(12-23(21)33-3)25-19(13-28)27(29)35-22-6-4-5-20(31)26(22)25/h7-12,25H,4-6,14,29H2,1-3H3,(H,30,32). The first kappa shape index (κ1) is 23.9. The van der Waals surface area contributed by atoms with E-state index in [0.29, 0.717) is 53.3 Å². The Kier molecular flexibility index (Phi) is 6.78. The van der Waals surface area contributed by atoms with E-state index < -0.39 is 5.92 Å². The summed E-state index contributed by atoms with van der Waals surface area (Å²) in [6.45, 7) is 3.77. The Bertz CT molecular complexity index is 1300. The van der Waals surface area contributed by atoms with Crippen LogP contribution in [0.3, 0.4) is 0 Å². The molecular formula is C27H27N3O5. The van der Waals surface area contributed by atoms with Gasteiger partial charge in [-0.25, -0.2) is 0 Å². The van der Waals surface area contributed by atoms with Crippen molar-refractivity contribution in [3.05, 3.63) is 75.9 Å². The van der Waals surface area contributed by atoms with E-state index in [1.54, 1.807) is 18.2 Å². The number of amides is 1. The lowest BCUT2D eigenvalue weighted by molar-refractivity contribution is -0.118. The summed E-state index contributed by atoms with van der Waals surface area (Å²) in [5.74, 6) is 0.242. The molecule has 1 aliphatic heterocycles. The van der Waals surface area contributed by atoms with Crippen LogP contribution in [0.4, 0.5) is 5.69 Å². The lowest BCUT2D eigenvalue weighted by Gasteiger charge is -2.31. The highest BCUT2D eigenvalue weighted by Gasteiger charge is 2.38. The Morgan fingerprint density at radius 2 is 1.97 bits per heavy atom. The van der Waals surface area contributed by atoms with Gasteiger partial charge in [-0.05, 0) is 61.2 Å². The number of nitriles is 1. The highest BCUT2D eigenvalue weighted by molar-refractivity contribution is 5.99. The van der Waals surface area contributed by atoms with Crippen molar-refractivity contribution in [2.45, 2.75) is 39.0 Å². The summed E-state index contributed by atoms with van der Waals surface area (Å²) in [5, 5.41) is 12.6. The average Bonchev–Trinajstić information content (AvgIpc) is 2.84. The Balaban J connectivity index is 1.55. The van der Waals surface area contributed by atoms with Gasteiger partial charge in [0.1, 0.15) is 17.4 Å². The highest BCUT2D eigenvalue weighted by Crippen LogP contribution is 2.45. The van der Waals surface area contributed by atoms with Crippen LogP contribution in [-0.2, 0) is 14.3 Å². The molecule has 1 atom stereocenters. The monoisotopic (exact) mass is 473 g/mol. The minimum atomic E-state index is -0.646. The maximum atomic E-state index is 12.8. The van der Waals surface area contributed by atoms with Gasteiger partial charge in [-0.1, -0.05) is 12.1 Å². The van der Waals surface area contributed by atoms with Gasteiger partial charge in [0.25, 0.3) is 5.91 Å². The van der Waals surface area contributed by atoms with Crippen molar-refractivity contribution in [2.24, 2.45) is 5.73 Å². The minimum Gasteiger partial charge on any atom is -0.493 e. The molecule has 0 saturated carbocycles. The number of rotatable bonds is 6. The van der Waals surface area contributed by atoms with Crippen LogP contribution in [0.15, 0.2) is 59.2 Å². The molecule has 4 rings (SSSR count). The van der Waals surface area contributed by atoms with Crippen LogP contribution in [0, 0.1) is 25.2 Å². The predicted molar refractivity (Wildman–Crippen MR) is 130 cm³/mol. The number of anilines is 1. The third-order valence-electron chi connectivity index (χ3n) is 6.28. The molecule has 1 amide bonds. The fourth-order valence-electron chi connectivity index (χ4n) is 4.33. The molecular weight excluding hydrogens is 446 g/mol. The molecule has 1 heterocycles. The zero-order valence-corrected chi connectivity index (χ0v) is 19.9. The summed E-state index contributed by atoms with van der Waals surface area (Å²) < 4.78 is 16.8. The van der Waals surface area contributed by atoms with E-state index >= 15 is 0 Å². The Hall–Kier alpha value is -4.25. The fraction of sp³-hybridized carbons (Fsp3) is 0.296. The van der Waals surface area contributed by atoms with Crippen LogP contribution in [0.1, 0.15) is 41.9 Å². The maximum absolute atomic E-state index is 12.8.